The molecule has 0 fully saturated rings. The van der Waals surface area contributed by atoms with Gasteiger partial charge in [0.05, 0.1) is 15.7 Å². The van der Waals surface area contributed by atoms with Gasteiger partial charge in [-0.3, -0.25) is 9.00 Å². The molecular formula is C13H19BrN2O2S. The topological polar surface area (TPSA) is 72.2 Å². The van der Waals surface area contributed by atoms with Gasteiger partial charge in [-0.1, -0.05) is 22.9 Å². The standard InChI is InChI=1S/C13H19BrN2O2S/c1-4-13(2,3)16-12(17)8-19(18)11-7-9(14)5-6-10(11)15/h5-7H,4,8,15H2,1-3H3,(H,16,17). The minimum Gasteiger partial charge on any atom is -0.398 e. The largest absolute Gasteiger partial charge is 0.398 e. The molecule has 6 heteroatoms. The second-order valence-electron chi connectivity index (χ2n) is 4.96. The Morgan fingerprint density at radius 2 is 2.11 bits per heavy atom. The Morgan fingerprint density at radius 1 is 1.47 bits per heavy atom. The van der Waals surface area contributed by atoms with Crippen molar-refractivity contribution in [3.05, 3.63) is 22.7 Å². The first kappa shape index (κ1) is 16.2. The maximum Gasteiger partial charge on any atom is 0.233 e. The first-order chi connectivity index (χ1) is 8.75. The Bertz CT molecular complexity index is 503. The third kappa shape index (κ3) is 4.95. The van der Waals surface area contributed by atoms with E-state index in [1.165, 1.54) is 0 Å². The number of hydrogen-bond acceptors (Lipinski definition) is 3. The van der Waals surface area contributed by atoms with E-state index in [1.807, 2.05) is 20.8 Å². The van der Waals surface area contributed by atoms with Crippen LogP contribution in [-0.4, -0.2) is 21.4 Å². The Balaban J connectivity index is 2.75. The number of rotatable bonds is 5. The van der Waals surface area contributed by atoms with Crippen LogP contribution in [0.15, 0.2) is 27.6 Å². The predicted molar refractivity (Wildman–Crippen MR) is 82.3 cm³/mol. The molecule has 0 saturated heterocycles. The molecule has 19 heavy (non-hydrogen) atoms. The van der Waals surface area contributed by atoms with Crippen molar-refractivity contribution in [2.45, 2.75) is 37.6 Å². The summed E-state index contributed by atoms with van der Waals surface area (Å²) in [5.74, 6) is -0.311. The van der Waals surface area contributed by atoms with E-state index >= 15 is 0 Å². The van der Waals surface area contributed by atoms with Crippen LogP contribution in [0.3, 0.4) is 0 Å². The Morgan fingerprint density at radius 3 is 2.68 bits per heavy atom. The Kier molecular flexibility index (Phi) is 5.55. The molecule has 0 aliphatic rings. The lowest BCUT2D eigenvalue weighted by Crippen LogP contribution is -2.44. The minimum absolute atomic E-state index is 0.0793. The summed E-state index contributed by atoms with van der Waals surface area (Å²) in [4.78, 5) is 12.3. The number of benzene rings is 1. The van der Waals surface area contributed by atoms with Crippen molar-refractivity contribution in [1.82, 2.24) is 5.32 Å². The van der Waals surface area contributed by atoms with Crippen molar-refractivity contribution in [2.75, 3.05) is 11.5 Å². The summed E-state index contributed by atoms with van der Waals surface area (Å²) in [6.07, 6.45) is 0.810. The fourth-order valence-corrected chi connectivity index (χ4v) is 2.97. The molecule has 1 aromatic rings. The predicted octanol–water partition coefficient (Wildman–Crippen LogP) is 2.44. The Labute approximate surface area is 124 Å². The smallest absolute Gasteiger partial charge is 0.233 e. The van der Waals surface area contributed by atoms with Gasteiger partial charge < -0.3 is 11.1 Å². The fourth-order valence-electron chi connectivity index (χ4n) is 1.40. The molecule has 0 bridgehead atoms. The third-order valence-electron chi connectivity index (χ3n) is 2.84. The van der Waals surface area contributed by atoms with Crippen LogP contribution < -0.4 is 11.1 Å². The molecule has 0 aliphatic heterocycles. The molecule has 0 heterocycles. The SMILES string of the molecule is CCC(C)(C)NC(=O)CS(=O)c1cc(Br)ccc1N. The third-order valence-corrected chi connectivity index (χ3v) is 4.71. The number of carbonyl (C=O) groups is 1. The van der Waals surface area contributed by atoms with Gasteiger partial charge in [0.25, 0.3) is 0 Å². The van der Waals surface area contributed by atoms with Crippen LogP contribution in [0.5, 0.6) is 0 Å². The zero-order chi connectivity index (χ0) is 14.6. The molecule has 3 N–H and O–H groups in total. The van der Waals surface area contributed by atoms with E-state index in [0.29, 0.717) is 10.6 Å². The van der Waals surface area contributed by atoms with E-state index < -0.39 is 10.8 Å². The van der Waals surface area contributed by atoms with Gasteiger partial charge in [-0.15, -0.1) is 0 Å². The lowest BCUT2D eigenvalue weighted by atomic mass is 10.0. The van der Waals surface area contributed by atoms with E-state index in [2.05, 4.69) is 21.2 Å². The summed E-state index contributed by atoms with van der Waals surface area (Å²) in [5, 5.41) is 2.86. The second kappa shape index (κ2) is 6.52. The number of carbonyl (C=O) groups excluding carboxylic acids is 1. The molecule has 1 amide bonds. The van der Waals surface area contributed by atoms with Crippen molar-refractivity contribution in [3.8, 4) is 0 Å². The molecule has 0 saturated carbocycles. The maximum atomic E-state index is 12.2. The molecule has 1 unspecified atom stereocenters. The van der Waals surface area contributed by atoms with Crippen molar-refractivity contribution >= 4 is 38.3 Å². The molecular weight excluding hydrogens is 328 g/mol. The van der Waals surface area contributed by atoms with E-state index in [1.54, 1.807) is 18.2 Å². The number of nitrogens with one attached hydrogen (secondary N) is 1. The first-order valence-corrected chi connectivity index (χ1v) is 8.11. The summed E-state index contributed by atoms with van der Waals surface area (Å²) in [7, 11) is -1.44. The number of nitrogen functional groups attached to an aromatic ring is 1. The van der Waals surface area contributed by atoms with Crippen LogP contribution in [0.4, 0.5) is 5.69 Å². The molecule has 4 nitrogen and oxygen atoms in total. The molecule has 0 radical (unpaired) electrons. The zero-order valence-electron chi connectivity index (χ0n) is 11.3. The molecule has 1 rings (SSSR count). The molecule has 0 aromatic heterocycles. The van der Waals surface area contributed by atoms with Gasteiger partial charge in [0, 0.05) is 15.7 Å². The van der Waals surface area contributed by atoms with Crippen LogP contribution in [0.1, 0.15) is 27.2 Å². The molecule has 106 valence electrons. The highest BCUT2D eigenvalue weighted by Gasteiger charge is 2.20. The highest BCUT2D eigenvalue weighted by molar-refractivity contribution is 9.10. The molecule has 1 aromatic carbocycles. The normalized spacial score (nSPS) is 13.1. The summed E-state index contributed by atoms with van der Waals surface area (Å²) in [6.45, 7) is 5.85. The molecule has 0 aliphatic carbocycles. The van der Waals surface area contributed by atoms with Crippen LogP contribution in [0.2, 0.25) is 0 Å². The van der Waals surface area contributed by atoms with E-state index in [4.69, 9.17) is 5.73 Å². The lowest BCUT2D eigenvalue weighted by molar-refractivity contribution is -0.120. The molecule has 1 atom stereocenters. The van der Waals surface area contributed by atoms with Crippen molar-refractivity contribution in [3.63, 3.8) is 0 Å². The van der Waals surface area contributed by atoms with Gasteiger partial charge in [-0.2, -0.15) is 0 Å². The number of nitrogens with two attached hydrogens (primary N) is 1. The number of anilines is 1. The van der Waals surface area contributed by atoms with Gasteiger partial charge in [0.2, 0.25) is 5.91 Å². The zero-order valence-corrected chi connectivity index (χ0v) is 13.7. The van der Waals surface area contributed by atoms with E-state index in [-0.39, 0.29) is 17.2 Å². The van der Waals surface area contributed by atoms with Crippen molar-refractivity contribution < 1.29 is 9.00 Å². The van der Waals surface area contributed by atoms with Crippen LogP contribution in [0, 0.1) is 0 Å². The van der Waals surface area contributed by atoms with Gasteiger partial charge in [-0.05, 0) is 38.5 Å². The highest BCUT2D eigenvalue weighted by atomic mass is 79.9. The van der Waals surface area contributed by atoms with Gasteiger partial charge >= 0.3 is 0 Å². The van der Waals surface area contributed by atoms with Crippen molar-refractivity contribution in [2.24, 2.45) is 0 Å². The minimum atomic E-state index is -1.44. The van der Waals surface area contributed by atoms with Crippen LogP contribution in [0.25, 0.3) is 0 Å². The maximum absolute atomic E-state index is 12.2. The van der Waals surface area contributed by atoms with Gasteiger partial charge in [-0.25, -0.2) is 0 Å². The van der Waals surface area contributed by atoms with Crippen LogP contribution >= 0.6 is 15.9 Å². The van der Waals surface area contributed by atoms with Crippen LogP contribution in [-0.2, 0) is 15.6 Å². The first-order valence-electron chi connectivity index (χ1n) is 5.99. The van der Waals surface area contributed by atoms with Gasteiger partial charge in [0.15, 0.2) is 0 Å². The number of halogens is 1. The Hall–Kier alpha value is -0.880. The number of hydrogen-bond donors (Lipinski definition) is 2. The quantitative estimate of drug-likeness (QED) is 0.804. The monoisotopic (exact) mass is 346 g/mol. The average molecular weight is 347 g/mol. The summed E-state index contributed by atoms with van der Waals surface area (Å²) in [6, 6.07) is 5.13. The molecule has 0 spiro atoms. The number of amides is 1. The van der Waals surface area contributed by atoms with E-state index in [9.17, 15) is 9.00 Å². The van der Waals surface area contributed by atoms with Gasteiger partial charge in [0.1, 0.15) is 5.75 Å². The summed E-state index contributed by atoms with van der Waals surface area (Å²) < 4.78 is 12.9. The summed E-state index contributed by atoms with van der Waals surface area (Å²) >= 11 is 3.30. The highest BCUT2D eigenvalue weighted by Crippen LogP contribution is 2.21. The lowest BCUT2D eigenvalue weighted by Gasteiger charge is -2.24. The fraction of sp³-hybridized carbons (Fsp3) is 0.462. The summed E-state index contributed by atoms with van der Waals surface area (Å²) in [5.41, 5.74) is 5.92. The van der Waals surface area contributed by atoms with Crippen molar-refractivity contribution in [1.29, 1.82) is 0 Å². The van der Waals surface area contributed by atoms with E-state index in [0.717, 1.165) is 10.9 Å². The second-order valence-corrected chi connectivity index (χ2v) is 7.29. The average Bonchev–Trinajstić information content (AvgIpc) is 2.31.